The second-order valence-corrected chi connectivity index (χ2v) is 6.15. The van der Waals surface area contributed by atoms with Crippen LogP contribution < -0.4 is 16.8 Å². The van der Waals surface area contributed by atoms with Crippen molar-refractivity contribution < 1.29 is 9.59 Å². The van der Waals surface area contributed by atoms with Gasteiger partial charge in [0.1, 0.15) is 11.2 Å². The van der Waals surface area contributed by atoms with E-state index in [1.165, 1.54) is 0 Å². The fourth-order valence-electron chi connectivity index (χ4n) is 2.77. The highest BCUT2D eigenvalue weighted by Crippen LogP contribution is 2.28. The highest BCUT2D eigenvalue weighted by molar-refractivity contribution is 5.97. The fourth-order valence-corrected chi connectivity index (χ4v) is 2.77. The van der Waals surface area contributed by atoms with E-state index in [0.29, 0.717) is 18.5 Å². The lowest BCUT2D eigenvalue weighted by molar-refractivity contribution is -0.125. The highest BCUT2D eigenvalue weighted by Gasteiger charge is 2.39. The van der Waals surface area contributed by atoms with Gasteiger partial charge in [-0.05, 0) is 24.8 Å². The summed E-state index contributed by atoms with van der Waals surface area (Å²) < 4.78 is 0. The van der Waals surface area contributed by atoms with Crippen LogP contribution in [0.5, 0.6) is 0 Å². The molecule has 1 aliphatic rings. The number of nitrogens with zero attached hydrogens (tertiary/aromatic N) is 2. The predicted octanol–water partition coefficient (Wildman–Crippen LogP) is 1.10. The molecule has 0 radical (unpaired) electrons. The second-order valence-electron chi connectivity index (χ2n) is 6.15. The van der Waals surface area contributed by atoms with E-state index in [0.717, 1.165) is 19.3 Å². The van der Waals surface area contributed by atoms with E-state index in [-0.39, 0.29) is 17.6 Å². The molecule has 2 rings (SSSR count). The average molecular weight is 305 g/mol. The number of nitrogens with one attached hydrogen (secondary N) is 1. The lowest BCUT2D eigenvalue weighted by atomic mass is 9.81. The molecule has 1 saturated carbocycles. The van der Waals surface area contributed by atoms with Gasteiger partial charge in [-0.2, -0.15) is 0 Å². The van der Waals surface area contributed by atoms with Gasteiger partial charge in [-0.25, -0.2) is 9.97 Å². The first-order valence-electron chi connectivity index (χ1n) is 7.61. The zero-order valence-corrected chi connectivity index (χ0v) is 13.1. The standard InChI is InChI=1S/C15H23N5O2/c1-9(2)10-8-11(19-14(17)18-10)12(21)20-15(13(16)22)6-4-3-5-7-15/h8-9H,3-7H2,1-2H3,(H2,16,22)(H,20,21)(H2,17,18,19). The van der Waals surface area contributed by atoms with Crippen molar-refractivity contribution in [2.24, 2.45) is 5.73 Å². The van der Waals surface area contributed by atoms with E-state index in [1.54, 1.807) is 6.07 Å². The number of aromatic nitrogens is 2. The van der Waals surface area contributed by atoms with Crippen LogP contribution >= 0.6 is 0 Å². The monoisotopic (exact) mass is 305 g/mol. The predicted molar refractivity (Wildman–Crippen MR) is 83.0 cm³/mol. The van der Waals surface area contributed by atoms with Gasteiger partial charge in [0.15, 0.2) is 0 Å². The number of primary amides is 1. The quantitative estimate of drug-likeness (QED) is 0.768. The summed E-state index contributed by atoms with van der Waals surface area (Å²) in [6, 6.07) is 1.61. The summed E-state index contributed by atoms with van der Waals surface area (Å²) in [6.07, 6.45) is 3.90. The zero-order valence-electron chi connectivity index (χ0n) is 13.1. The van der Waals surface area contributed by atoms with Gasteiger partial charge in [0.05, 0.1) is 0 Å². The first-order chi connectivity index (χ1) is 10.3. The maximum atomic E-state index is 12.5. The summed E-state index contributed by atoms with van der Waals surface area (Å²) in [5.74, 6) is -0.756. The molecule has 1 heterocycles. The Morgan fingerprint density at radius 2 is 1.86 bits per heavy atom. The van der Waals surface area contributed by atoms with E-state index >= 15 is 0 Å². The Balaban J connectivity index is 2.26. The highest BCUT2D eigenvalue weighted by atomic mass is 16.2. The van der Waals surface area contributed by atoms with Crippen LogP contribution in [0.3, 0.4) is 0 Å². The fraction of sp³-hybridized carbons (Fsp3) is 0.600. The third-order valence-corrected chi connectivity index (χ3v) is 4.12. The number of nitrogens with two attached hydrogens (primary N) is 2. The van der Waals surface area contributed by atoms with Gasteiger partial charge in [-0.15, -0.1) is 0 Å². The van der Waals surface area contributed by atoms with Crippen LogP contribution in [0.1, 0.15) is 68.1 Å². The van der Waals surface area contributed by atoms with Crippen LogP contribution in [0.25, 0.3) is 0 Å². The van der Waals surface area contributed by atoms with Crippen molar-refractivity contribution in [2.45, 2.75) is 57.4 Å². The van der Waals surface area contributed by atoms with Crippen LogP contribution in [0.2, 0.25) is 0 Å². The topological polar surface area (TPSA) is 124 Å². The summed E-state index contributed by atoms with van der Waals surface area (Å²) in [6.45, 7) is 3.91. The van der Waals surface area contributed by atoms with Crippen LogP contribution in [-0.2, 0) is 4.79 Å². The smallest absolute Gasteiger partial charge is 0.270 e. The van der Waals surface area contributed by atoms with Crippen molar-refractivity contribution in [1.82, 2.24) is 15.3 Å². The first-order valence-corrected chi connectivity index (χ1v) is 7.61. The Morgan fingerprint density at radius 3 is 2.41 bits per heavy atom. The number of amides is 2. The first kappa shape index (κ1) is 16.2. The SMILES string of the molecule is CC(C)c1cc(C(=O)NC2(C(N)=O)CCCCC2)nc(N)n1. The number of carbonyl (C=O) groups is 2. The van der Waals surface area contributed by atoms with Gasteiger partial charge >= 0.3 is 0 Å². The summed E-state index contributed by atoms with van der Waals surface area (Å²) in [4.78, 5) is 32.4. The molecule has 0 saturated heterocycles. The van der Waals surface area contributed by atoms with Crippen molar-refractivity contribution in [3.05, 3.63) is 17.5 Å². The van der Waals surface area contributed by atoms with E-state index in [2.05, 4.69) is 15.3 Å². The zero-order chi connectivity index (χ0) is 16.3. The molecule has 0 bridgehead atoms. The molecule has 5 N–H and O–H groups in total. The number of anilines is 1. The molecule has 7 heteroatoms. The van der Waals surface area contributed by atoms with Gasteiger partial charge in [0.25, 0.3) is 5.91 Å². The van der Waals surface area contributed by atoms with Gasteiger partial charge in [-0.3, -0.25) is 9.59 Å². The number of carbonyl (C=O) groups excluding carboxylic acids is 2. The molecule has 1 aromatic heterocycles. The van der Waals surface area contributed by atoms with E-state index < -0.39 is 17.4 Å². The second kappa shape index (κ2) is 6.29. The molecule has 7 nitrogen and oxygen atoms in total. The molecule has 1 fully saturated rings. The summed E-state index contributed by atoms with van der Waals surface area (Å²) in [7, 11) is 0. The third-order valence-electron chi connectivity index (χ3n) is 4.12. The van der Waals surface area contributed by atoms with Crippen LogP contribution in [-0.4, -0.2) is 27.3 Å². The van der Waals surface area contributed by atoms with E-state index in [9.17, 15) is 9.59 Å². The van der Waals surface area contributed by atoms with Crippen molar-refractivity contribution in [3.8, 4) is 0 Å². The Morgan fingerprint density at radius 1 is 1.23 bits per heavy atom. The van der Waals surface area contributed by atoms with E-state index in [1.807, 2.05) is 13.8 Å². The molecule has 1 aromatic rings. The molecular formula is C15H23N5O2. The minimum atomic E-state index is -0.979. The third kappa shape index (κ3) is 3.35. The minimum Gasteiger partial charge on any atom is -0.368 e. The maximum absolute atomic E-state index is 12.5. The lowest BCUT2D eigenvalue weighted by Gasteiger charge is -2.34. The van der Waals surface area contributed by atoms with Gasteiger partial charge in [0.2, 0.25) is 11.9 Å². The van der Waals surface area contributed by atoms with E-state index in [4.69, 9.17) is 11.5 Å². The van der Waals surface area contributed by atoms with Crippen molar-refractivity contribution in [1.29, 1.82) is 0 Å². The Kier molecular flexibility index (Phi) is 4.63. The molecule has 0 atom stereocenters. The maximum Gasteiger partial charge on any atom is 0.270 e. The number of rotatable bonds is 4. The Bertz CT molecular complexity index is 579. The van der Waals surface area contributed by atoms with Crippen LogP contribution in [0, 0.1) is 0 Å². The molecule has 0 aromatic carbocycles. The molecule has 0 aliphatic heterocycles. The molecule has 22 heavy (non-hydrogen) atoms. The summed E-state index contributed by atoms with van der Waals surface area (Å²) in [5, 5.41) is 2.78. The van der Waals surface area contributed by atoms with Crippen LogP contribution in [0.4, 0.5) is 5.95 Å². The number of nitrogen functional groups attached to an aromatic ring is 1. The Labute approximate surface area is 129 Å². The molecule has 120 valence electrons. The summed E-state index contributed by atoms with van der Waals surface area (Å²) >= 11 is 0. The molecule has 0 spiro atoms. The normalized spacial score (nSPS) is 17.2. The molecule has 2 amide bonds. The van der Waals surface area contributed by atoms with Gasteiger partial charge < -0.3 is 16.8 Å². The molecule has 1 aliphatic carbocycles. The largest absolute Gasteiger partial charge is 0.368 e. The number of hydrogen-bond acceptors (Lipinski definition) is 5. The Hall–Kier alpha value is -2.18. The number of hydrogen-bond donors (Lipinski definition) is 3. The minimum absolute atomic E-state index is 0.0492. The lowest BCUT2D eigenvalue weighted by Crippen LogP contribution is -2.58. The molecular weight excluding hydrogens is 282 g/mol. The molecule has 0 unspecified atom stereocenters. The summed E-state index contributed by atoms with van der Waals surface area (Å²) in [5.41, 5.74) is 11.1. The van der Waals surface area contributed by atoms with Crippen molar-refractivity contribution >= 4 is 17.8 Å². The van der Waals surface area contributed by atoms with Gasteiger partial charge in [0, 0.05) is 5.69 Å². The van der Waals surface area contributed by atoms with Crippen LogP contribution in [0.15, 0.2) is 6.07 Å². The van der Waals surface area contributed by atoms with Crippen molar-refractivity contribution in [2.75, 3.05) is 5.73 Å². The van der Waals surface area contributed by atoms with Gasteiger partial charge in [-0.1, -0.05) is 33.1 Å². The average Bonchev–Trinajstić information content (AvgIpc) is 2.47. The van der Waals surface area contributed by atoms with Crippen molar-refractivity contribution in [3.63, 3.8) is 0 Å².